The lowest BCUT2D eigenvalue weighted by atomic mass is 9.80. The maximum Gasteiger partial charge on any atom is 0.143 e. The van der Waals surface area contributed by atoms with Crippen molar-refractivity contribution in [2.75, 3.05) is 52.7 Å². The second-order valence-corrected chi connectivity index (χ2v) is 8.67. The molecule has 1 N–H and O–H groups in total. The fourth-order valence-electron chi connectivity index (χ4n) is 4.58. The van der Waals surface area contributed by atoms with Crippen molar-refractivity contribution < 1.29 is 18.9 Å². The molecule has 5 nitrogen and oxygen atoms in total. The second-order valence-electron chi connectivity index (χ2n) is 8.67. The molecule has 0 bridgehead atoms. The molecule has 1 aliphatic heterocycles. The molecule has 4 rings (SSSR count). The van der Waals surface area contributed by atoms with E-state index in [0.717, 1.165) is 42.6 Å². The summed E-state index contributed by atoms with van der Waals surface area (Å²) in [6, 6.07) is 31.2. The number of nitrogens with one attached hydrogen (secondary N) is 1. The van der Waals surface area contributed by atoms with E-state index < -0.39 is 5.60 Å². The van der Waals surface area contributed by atoms with E-state index in [1.165, 1.54) is 0 Å². The number of hydrogen-bond acceptors (Lipinski definition) is 5. The average molecular weight is 476 g/mol. The van der Waals surface area contributed by atoms with Gasteiger partial charge in [-0.25, -0.2) is 0 Å². The summed E-state index contributed by atoms with van der Waals surface area (Å²) in [5, 5.41) is 3.35. The number of hydrogen-bond donors (Lipinski definition) is 1. The van der Waals surface area contributed by atoms with Crippen LogP contribution in [0.25, 0.3) is 0 Å². The Morgan fingerprint density at radius 2 is 1.00 bits per heavy atom. The molecule has 5 heteroatoms. The standard InChI is InChI=1S/C30H37NO4/c1-4-10-26(11-5-1)30(27-12-6-2-7-13-27,28-14-8-3-9-15-28)35-25-23-33-21-20-32-22-24-34-29-16-18-31-19-17-29/h1-15,29,31H,16-25H2. The molecule has 0 aliphatic carbocycles. The third-order valence-corrected chi connectivity index (χ3v) is 6.33. The summed E-state index contributed by atoms with van der Waals surface area (Å²) in [5.74, 6) is 0. The maximum atomic E-state index is 6.71. The number of rotatable bonds is 14. The first-order valence-corrected chi connectivity index (χ1v) is 12.7. The average Bonchev–Trinajstić information content (AvgIpc) is 2.94. The Bertz CT molecular complexity index is 849. The van der Waals surface area contributed by atoms with Gasteiger partial charge in [0.25, 0.3) is 0 Å². The predicted molar refractivity (Wildman–Crippen MR) is 139 cm³/mol. The van der Waals surface area contributed by atoms with E-state index in [9.17, 15) is 0 Å². The molecule has 0 atom stereocenters. The van der Waals surface area contributed by atoms with Crippen LogP contribution in [0, 0.1) is 0 Å². The summed E-state index contributed by atoms with van der Waals surface area (Å²) >= 11 is 0. The SMILES string of the molecule is c1ccc(C(OCCOCCOCCOC2CCNCC2)(c2ccccc2)c2ccccc2)cc1. The molecule has 35 heavy (non-hydrogen) atoms. The van der Waals surface area contributed by atoms with Crippen LogP contribution >= 0.6 is 0 Å². The maximum absolute atomic E-state index is 6.71. The van der Waals surface area contributed by atoms with Crippen LogP contribution in [0.5, 0.6) is 0 Å². The van der Waals surface area contributed by atoms with Gasteiger partial charge in [0.15, 0.2) is 0 Å². The fraction of sp³-hybridized carbons (Fsp3) is 0.400. The Balaban J connectivity index is 1.29. The van der Waals surface area contributed by atoms with Gasteiger partial charge in [-0.05, 0) is 42.6 Å². The van der Waals surface area contributed by atoms with Crippen molar-refractivity contribution in [2.24, 2.45) is 0 Å². The molecular formula is C30H37NO4. The molecule has 1 fully saturated rings. The molecule has 0 saturated carbocycles. The number of piperidine rings is 1. The van der Waals surface area contributed by atoms with Crippen molar-refractivity contribution in [1.82, 2.24) is 5.32 Å². The first-order chi connectivity index (χ1) is 17.4. The highest BCUT2D eigenvalue weighted by Crippen LogP contribution is 2.40. The first kappa shape index (κ1) is 25.5. The Kier molecular flexibility index (Phi) is 10.3. The van der Waals surface area contributed by atoms with E-state index in [0.29, 0.717) is 45.7 Å². The van der Waals surface area contributed by atoms with Crippen LogP contribution in [-0.4, -0.2) is 58.8 Å². The summed E-state index contributed by atoms with van der Waals surface area (Å²) < 4.78 is 24.1. The zero-order valence-electron chi connectivity index (χ0n) is 20.4. The van der Waals surface area contributed by atoms with Gasteiger partial charge in [-0.15, -0.1) is 0 Å². The van der Waals surface area contributed by atoms with E-state index in [1.54, 1.807) is 0 Å². The van der Waals surface area contributed by atoms with Crippen molar-refractivity contribution in [2.45, 2.75) is 24.5 Å². The molecule has 3 aromatic carbocycles. The summed E-state index contributed by atoms with van der Waals surface area (Å²) in [6.07, 6.45) is 2.53. The van der Waals surface area contributed by atoms with Crippen LogP contribution in [0.2, 0.25) is 0 Å². The Hall–Kier alpha value is -2.54. The van der Waals surface area contributed by atoms with Crippen molar-refractivity contribution in [3.63, 3.8) is 0 Å². The Morgan fingerprint density at radius 1 is 0.571 bits per heavy atom. The molecule has 1 saturated heterocycles. The zero-order valence-corrected chi connectivity index (χ0v) is 20.4. The third-order valence-electron chi connectivity index (χ3n) is 6.33. The van der Waals surface area contributed by atoms with Crippen LogP contribution in [0.3, 0.4) is 0 Å². The monoisotopic (exact) mass is 475 g/mol. The van der Waals surface area contributed by atoms with Gasteiger partial charge in [0.05, 0.1) is 45.7 Å². The second kappa shape index (κ2) is 14.1. The molecule has 0 amide bonds. The predicted octanol–water partition coefficient (Wildman–Crippen LogP) is 4.80. The minimum Gasteiger partial charge on any atom is -0.377 e. The summed E-state index contributed by atoms with van der Waals surface area (Å²) in [6.45, 7) is 5.36. The van der Waals surface area contributed by atoms with Crippen LogP contribution in [0.1, 0.15) is 29.5 Å². The largest absolute Gasteiger partial charge is 0.377 e. The number of benzene rings is 3. The van der Waals surface area contributed by atoms with Gasteiger partial charge in [-0.2, -0.15) is 0 Å². The molecular weight excluding hydrogens is 438 g/mol. The molecule has 0 aromatic heterocycles. The van der Waals surface area contributed by atoms with E-state index in [2.05, 4.69) is 78.1 Å². The van der Waals surface area contributed by atoms with Crippen LogP contribution in [0.4, 0.5) is 0 Å². The molecule has 0 radical (unpaired) electrons. The van der Waals surface area contributed by atoms with E-state index in [-0.39, 0.29) is 0 Å². The molecule has 0 unspecified atom stereocenters. The Morgan fingerprint density at radius 3 is 1.49 bits per heavy atom. The van der Waals surface area contributed by atoms with Crippen molar-refractivity contribution in [3.05, 3.63) is 108 Å². The number of ether oxygens (including phenoxy) is 4. The van der Waals surface area contributed by atoms with E-state index >= 15 is 0 Å². The molecule has 186 valence electrons. The summed E-state index contributed by atoms with van der Waals surface area (Å²) in [5.41, 5.74) is 2.56. The van der Waals surface area contributed by atoms with Crippen LogP contribution < -0.4 is 5.32 Å². The van der Waals surface area contributed by atoms with Crippen molar-refractivity contribution >= 4 is 0 Å². The smallest absolute Gasteiger partial charge is 0.143 e. The molecule has 0 spiro atoms. The van der Waals surface area contributed by atoms with E-state index in [4.69, 9.17) is 18.9 Å². The van der Waals surface area contributed by atoms with Gasteiger partial charge < -0.3 is 24.3 Å². The van der Waals surface area contributed by atoms with E-state index in [1.807, 2.05) is 18.2 Å². The van der Waals surface area contributed by atoms with Gasteiger partial charge in [0.1, 0.15) is 5.60 Å². The molecule has 1 aliphatic rings. The minimum absolute atomic E-state index is 0.368. The Labute approximate surface area is 209 Å². The lowest BCUT2D eigenvalue weighted by Gasteiger charge is -2.36. The van der Waals surface area contributed by atoms with Gasteiger partial charge >= 0.3 is 0 Å². The first-order valence-electron chi connectivity index (χ1n) is 12.7. The van der Waals surface area contributed by atoms with Gasteiger partial charge in [0, 0.05) is 0 Å². The third kappa shape index (κ3) is 7.23. The normalized spacial score (nSPS) is 14.7. The van der Waals surface area contributed by atoms with Crippen LogP contribution in [0.15, 0.2) is 91.0 Å². The van der Waals surface area contributed by atoms with Crippen molar-refractivity contribution in [3.8, 4) is 0 Å². The van der Waals surface area contributed by atoms with Crippen LogP contribution in [-0.2, 0) is 24.5 Å². The van der Waals surface area contributed by atoms with Gasteiger partial charge in [-0.1, -0.05) is 91.0 Å². The molecule has 3 aromatic rings. The lowest BCUT2D eigenvalue weighted by Crippen LogP contribution is -2.34. The van der Waals surface area contributed by atoms with Gasteiger partial charge in [0.2, 0.25) is 0 Å². The quantitative estimate of drug-likeness (QED) is 0.268. The molecule has 1 heterocycles. The highest BCUT2D eigenvalue weighted by molar-refractivity contribution is 5.47. The topological polar surface area (TPSA) is 49.0 Å². The summed E-state index contributed by atoms with van der Waals surface area (Å²) in [7, 11) is 0. The highest BCUT2D eigenvalue weighted by atomic mass is 16.6. The minimum atomic E-state index is -0.713. The lowest BCUT2D eigenvalue weighted by molar-refractivity contribution is -0.0427. The van der Waals surface area contributed by atoms with Crippen molar-refractivity contribution in [1.29, 1.82) is 0 Å². The van der Waals surface area contributed by atoms with Gasteiger partial charge in [-0.3, -0.25) is 0 Å². The fourth-order valence-corrected chi connectivity index (χ4v) is 4.58. The zero-order chi connectivity index (χ0) is 24.0. The summed E-state index contributed by atoms with van der Waals surface area (Å²) in [4.78, 5) is 0. The highest BCUT2D eigenvalue weighted by Gasteiger charge is 2.37.